The molecule has 1 aromatic carbocycles. The van der Waals surface area contributed by atoms with Gasteiger partial charge in [0.25, 0.3) is 0 Å². The van der Waals surface area contributed by atoms with E-state index in [2.05, 4.69) is 54.8 Å². The number of hydrogen-bond donors (Lipinski definition) is 0. The van der Waals surface area contributed by atoms with E-state index >= 15 is 0 Å². The third kappa shape index (κ3) is 2.87. The van der Waals surface area contributed by atoms with Crippen LogP contribution in [0.15, 0.2) is 39.5 Å². The topological polar surface area (TPSA) is 9.23 Å². The molecular formula is C12H10Br2OS. The van der Waals surface area contributed by atoms with Crippen molar-refractivity contribution in [2.45, 2.75) is 11.9 Å². The number of alkyl halides is 1. The number of rotatable bonds is 4. The third-order valence-electron chi connectivity index (χ3n) is 2.16. The highest BCUT2D eigenvalue weighted by molar-refractivity contribution is 9.10. The highest BCUT2D eigenvalue weighted by Crippen LogP contribution is 2.31. The Balaban J connectivity index is 2.14. The summed E-state index contributed by atoms with van der Waals surface area (Å²) in [4.78, 5) is 0. The number of thiophene rings is 1. The molecule has 84 valence electrons. The summed E-state index contributed by atoms with van der Waals surface area (Å²) in [6.07, 6.45) is 0. The Kier molecular flexibility index (Phi) is 4.44. The van der Waals surface area contributed by atoms with Crippen LogP contribution in [0.1, 0.15) is 11.1 Å². The van der Waals surface area contributed by atoms with Crippen LogP contribution in [0, 0.1) is 0 Å². The van der Waals surface area contributed by atoms with Crippen LogP contribution >= 0.6 is 43.2 Å². The average Bonchev–Trinajstić information content (AvgIpc) is 2.80. The van der Waals surface area contributed by atoms with E-state index in [4.69, 9.17) is 4.74 Å². The molecule has 0 amide bonds. The van der Waals surface area contributed by atoms with E-state index in [-0.39, 0.29) is 0 Å². The van der Waals surface area contributed by atoms with Gasteiger partial charge in [0.15, 0.2) is 0 Å². The van der Waals surface area contributed by atoms with E-state index in [1.807, 2.05) is 12.1 Å². The maximum Gasteiger partial charge on any atom is 0.138 e. The molecule has 0 radical (unpaired) electrons. The Morgan fingerprint density at radius 3 is 2.81 bits per heavy atom. The summed E-state index contributed by atoms with van der Waals surface area (Å²) >= 11 is 8.66. The molecule has 4 heteroatoms. The van der Waals surface area contributed by atoms with E-state index in [1.165, 1.54) is 5.56 Å². The smallest absolute Gasteiger partial charge is 0.138 e. The van der Waals surface area contributed by atoms with E-state index in [1.54, 1.807) is 11.3 Å². The Morgan fingerprint density at radius 2 is 2.12 bits per heavy atom. The fraction of sp³-hybridized carbons (Fsp3) is 0.167. The van der Waals surface area contributed by atoms with Crippen LogP contribution in [0.4, 0.5) is 0 Å². The largest absolute Gasteiger partial charge is 0.487 e. The molecule has 0 aliphatic heterocycles. The lowest BCUT2D eigenvalue weighted by Gasteiger charge is -2.11. The summed E-state index contributed by atoms with van der Waals surface area (Å²) in [5, 5.41) is 4.96. The molecule has 0 aliphatic rings. The van der Waals surface area contributed by atoms with E-state index in [9.17, 15) is 0 Å². The molecule has 0 unspecified atom stereocenters. The van der Waals surface area contributed by atoms with Crippen molar-refractivity contribution >= 4 is 43.2 Å². The Morgan fingerprint density at radius 1 is 1.25 bits per heavy atom. The lowest BCUT2D eigenvalue weighted by atomic mass is 10.2. The van der Waals surface area contributed by atoms with E-state index in [0.29, 0.717) is 6.61 Å². The molecule has 0 atom stereocenters. The molecule has 0 spiro atoms. The summed E-state index contributed by atoms with van der Waals surface area (Å²) < 4.78 is 6.83. The van der Waals surface area contributed by atoms with Gasteiger partial charge >= 0.3 is 0 Å². The van der Waals surface area contributed by atoms with Gasteiger partial charge in [-0.05, 0) is 44.4 Å². The first-order chi connectivity index (χ1) is 7.81. The lowest BCUT2D eigenvalue weighted by Crippen LogP contribution is -1.97. The van der Waals surface area contributed by atoms with Gasteiger partial charge in [-0.1, -0.05) is 28.1 Å². The minimum atomic E-state index is 0.617. The average molecular weight is 362 g/mol. The normalized spacial score (nSPS) is 10.4. The Bertz CT molecular complexity index is 454. The first-order valence-corrected chi connectivity index (χ1v) is 7.64. The van der Waals surface area contributed by atoms with Crippen LogP contribution in [-0.4, -0.2) is 0 Å². The molecule has 1 nitrogen and oxygen atoms in total. The summed E-state index contributed by atoms with van der Waals surface area (Å²) in [7, 11) is 0. The molecule has 16 heavy (non-hydrogen) atoms. The van der Waals surface area contributed by atoms with Gasteiger partial charge in [0, 0.05) is 10.9 Å². The highest BCUT2D eigenvalue weighted by Gasteiger charge is 2.07. The fourth-order valence-electron chi connectivity index (χ4n) is 1.35. The molecule has 0 N–H and O–H groups in total. The molecule has 1 heterocycles. The molecule has 0 fully saturated rings. The second-order valence-corrected chi connectivity index (χ2v) is 5.48. The predicted octanol–water partition coefficient (Wildman–Crippen LogP) is 4.98. The minimum absolute atomic E-state index is 0.617. The number of para-hydroxylation sites is 1. The zero-order valence-electron chi connectivity index (χ0n) is 8.45. The second-order valence-electron chi connectivity index (χ2n) is 3.28. The van der Waals surface area contributed by atoms with Gasteiger partial charge in [-0.3, -0.25) is 0 Å². The maximum absolute atomic E-state index is 5.83. The summed E-state index contributed by atoms with van der Waals surface area (Å²) in [5.41, 5.74) is 2.37. The molecule has 0 aliphatic carbocycles. The van der Waals surface area contributed by atoms with Crippen LogP contribution in [0.3, 0.4) is 0 Å². The van der Waals surface area contributed by atoms with Crippen molar-refractivity contribution in [1.82, 2.24) is 0 Å². The van der Waals surface area contributed by atoms with Crippen molar-refractivity contribution < 1.29 is 4.74 Å². The van der Waals surface area contributed by atoms with Crippen molar-refractivity contribution in [3.63, 3.8) is 0 Å². The van der Waals surface area contributed by atoms with Gasteiger partial charge in [-0.25, -0.2) is 0 Å². The van der Waals surface area contributed by atoms with E-state index in [0.717, 1.165) is 21.1 Å². The van der Waals surface area contributed by atoms with Crippen molar-refractivity contribution in [2.24, 2.45) is 0 Å². The molecule has 2 aromatic rings. The Hall–Kier alpha value is -0.320. The van der Waals surface area contributed by atoms with Gasteiger partial charge in [0.05, 0.1) is 4.47 Å². The molecule has 0 bridgehead atoms. The van der Waals surface area contributed by atoms with Crippen LogP contribution in [0.5, 0.6) is 5.75 Å². The predicted molar refractivity (Wildman–Crippen MR) is 75.4 cm³/mol. The molecule has 1 aromatic heterocycles. The van der Waals surface area contributed by atoms with Crippen molar-refractivity contribution in [2.75, 3.05) is 0 Å². The number of benzene rings is 1. The molecular weight excluding hydrogens is 352 g/mol. The second kappa shape index (κ2) is 5.84. The van der Waals surface area contributed by atoms with Gasteiger partial charge < -0.3 is 4.74 Å². The molecule has 2 rings (SSSR count). The van der Waals surface area contributed by atoms with E-state index < -0.39 is 0 Å². The van der Waals surface area contributed by atoms with Crippen molar-refractivity contribution in [3.8, 4) is 5.75 Å². The van der Waals surface area contributed by atoms with Gasteiger partial charge in [0.1, 0.15) is 12.4 Å². The zero-order chi connectivity index (χ0) is 11.4. The van der Waals surface area contributed by atoms with Gasteiger partial charge in [-0.15, -0.1) is 0 Å². The third-order valence-corrected chi connectivity index (χ3v) is 4.12. The standard InChI is InChI=1S/C12H10Br2OS/c13-6-10-2-1-3-11(14)12(10)15-7-9-4-5-16-8-9/h1-5,8H,6-7H2. The number of halogens is 2. The zero-order valence-corrected chi connectivity index (χ0v) is 12.4. The van der Waals surface area contributed by atoms with Crippen LogP contribution in [0.25, 0.3) is 0 Å². The Labute approximate surface area is 116 Å². The minimum Gasteiger partial charge on any atom is -0.487 e. The summed E-state index contributed by atoms with van der Waals surface area (Å²) in [6.45, 7) is 0.617. The van der Waals surface area contributed by atoms with Crippen molar-refractivity contribution in [3.05, 3.63) is 50.6 Å². The first kappa shape index (κ1) is 12.1. The highest BCUT2D eigenvalue weighted by atomic mass is 79.9. The SMILES string of the molecule is BrCc1cccc(Br)c1OCc1ccsc1. The summed E-state index contributed by atoms with van der Waals surface area (Å²) in [6, 6.07) is 8.14. The van der Waals surface area contributed by atoms with Crippen LogP contribution < -0.4 is 4.74 Å². The first-order valence-electron chi connectivity index (χ1n) is 4.78. The van der Waals surface area contributed by atoms with Crippen LogP contribution in [-0.2, 0) is 11.9 Å². The quantitative estimate of drug-likeness (QED) is 0.697. The monoisotopic (exact) mass is 360 g/mol. The van der Waals surface area contributed by atoms with Gasteiger partial charge in [0.2, 0.25) is 0 Å². The lowest BCUT2D eigenvalue weighted by molar-refractivity contribution is 0.302. The number of hydrogen-bond acceptors (Lipinski definition) is 2. The van der Waals surface area contributed by atoms with Crippen molar-refractivity contribution in [1.29, 1.82) is 0 Å². The maximum atomic E-state index is 5.83. The number of ether oxygens (including phenoxy) is 1. The van der Waals surface area contributed by atoms with Crippen LogP contribution in [0.2, 0.25) is 0 Å². The summed E-state index contributed by atoms with van der Waals surface area (Å²) in [5.74, 6) is 0.922. The molecule has 0 saturated heterocycles. The van der Waals surface area contributed by atoms with Gasteiger partial charge in [-0.2, -0.15) is 11.3 Å². The molecule has 0 saturated carbocycles. The fourth-order valence-corrected chi connectivity index (χ4v) is 2.97.